The van der Waals surface area contributed by atoms with E-state index in [-0.39, 0.29) is 24.5 Å². The molecule has 3 rings (SSSR count). The summed E-state index contributed by atoms with van der Waals surface area (Å²) in [6, 6.07) is 14.1. The first-order chi connectivity index (χ1) is 13.6. The Morgan fingerprint density at radius 2 is 1.57 bits per heavy atom. The molecule has 1 saturated carbocycles. The molecule has 2 amide bonds. The summed E-state index contributed by atoms with van der Waals surface area (Å²) in [6.45, 7) is -0.0199. The lowest BCUT2D eigenvalue weighted by atomic mass is 9.95. The molecule has 0 spiro atoms. The van der Waals surface area contributed by atoms with Crippen molar-refractivity contribution in [3.63, 3.8) is 0 Å². The molecule has 28 heavy (non-hydrogen) atoms. The van der Waals surface area contributed by atoms with Gasteiger partial charge in [0.05, 0.1) is 7.11 Å². The van der Waals surface area contributed by atoms with Crippen molar-refractivity contribution in [2.75, 3.05) is 19.0 Å². The van der Waals surface area contributed by atoms with Crippen LogP contribution in [0, 0.1) is 0 Å². The van der Waals surface area contributed by atoms with Crippen molar-refractivity contribution in [3.8, 4) is 11.5 Å². The average molecular weight is 382 g/mol. The third-order valence-electron chi connectivity index (χ3n) is 4.80. The zero-order valence-corrected chi connectivity index (χ0v) is 16.1. The topological polar surface area (TPSA) is 76.7 Å². The van der Waals surface area contributed by atoms with Crippen molar-refractivity contribution >= 4 is 17.5 Å². The van der Waals surface area contributed by atoms with Crippen LogP contribution in [0.15, 0.2) is 48.5 Å². The van der Waals surface area contributed by atoms with Gasteiger partial charge in [-0.1, -0.05) is 19.3 Å². The van der Waals surface area contributed by atoms with Gasteiger partial charge >= 0.3 is 0 Å². The maximum Gasteiger partial charge on any atom is 0.258 e. The van der Waals surface area contributed by atoms with E-state index in [4.69, 9.17) is 9.47 Å². The second kappa shape index (κ2) is 9.78. The molecule has 0 unspecified atom stereocenters. The number of carbonyl (C=O) groups excluding carboxylic acids is 2. The minimum atomic E-state index is -0.216. The number of nitrogens with one attached hydrogen (secondary N) is 2. The van der Waals surface area contributed by atoms with Crippen LogP contribution in [-0.2, 0) is 4.79 Å². The number of carbonyl (C=O) groups is 2. The number of methoxy groups -OCH3 is 1. The van der Waals surface area contributed by atoms with E-state index in [1.807, 2.05) is 0 Å². The largest absolute Gasteiger partial charge is 0.497 e. The zero-order valence-electron chi connectivity index (χ0n) is 16.1. The molecule has 2 N–H and O–H groups in total. The van der Waals surface area contributed by atoms with Gasteiger partial charge in [-0.05, 0) is 61.4 Å². The summed E-state index contributed by atoms with van der Waals surface area (Å²) in [4.78, 5) is 24.3. The van der Waals surface area contributed by atoms with E-state index < -0.39 is 0 Å². The van der Waals surface area contributed by atoms with Crippen molar-refractivity contribution in [2.45, 2.75) is 38.1 Å². The van der Waals surface area contributed by atoms with Crippen LogP contribution in [0.5, 0.6) is 11.5 Å². The number of hydrogen-bond donors (Lipinski definition) is 2. The van der Waals surface area contributed by atoms with Crippen LogP contribution in [0.3, 0.4) is 0 Å². The molecule has 148 valence electrons. The summed E-state index contributed by atoms with van der Waals surface area (Å²) in [7, 11) is 1.59. The minimum Gasteiger partial charge on any atom is -0.497 e. The molecular weight excluding hydrogens is 356 g/mol. The molecule has 0 aromatic heterocycles. The number of amides is 2. The fourth-order valence-corrected chi connectivity index (χ4v) is 3.25. The van der Waals surface area contributed by atoms with Gasteiger partial charge in [-0.2, -0.15) is 0 Å². The quantitative estimate of drug-likeness (QED) is 0.764. The predicted octanol–water partition coefficient (Wildman–Crippen LogP) is 3.78. The van der Waals surface area contributed by atoms with E-state index in [1.165, 1.54) is 19.3 Å². The Labute approximate surface area is 165 Å². The Balaban J connectivity index is 1.46. The standard InChI is InChI=1S/C22H26N2O4/c1-27-19-13-9-18(10-14-19)24-22(26)16-7-11-20(12-8-16)28-15-21(25)23-17-5-3-2-4-6-17/h7-14,17H,2-6,15H2,1H3,(H,23,25)(H,24,26). The van der Waals surface area contributed by atoms with Gasteiger partial charge in [0.1, 0.15) is 11.5 Å². The molecule has 0 atom stereocenters. The Hall–Kier alpha value is -3.02. The maximum absolute atomic E-state index is 12.3. The molecule has 0 bridgehead atoms. The zero-order chi connectivity index (χ0) is 19.8. The van der Waals surface area contributed by atoms with Gasteiger partial charge in [0.2, 0.25) is 0 Å². The summed E-state index contributed by atoms with van der Waals surface area (Å²) in [6.07, 6.45) is 5.69. The average Bonchev–Trinajstić information content (AvgIpc) is 2.74. The van der Waals surface area contributed by atoms with Crippen molar-refractivity contribution in [1.82, 2.24) is 5.32 Å². The molecule has 1 aliphatic rings. The van der Waals surface area contributed by atoms with Crippen molar-refractivity contribution in [2.24, 2.45) is 0 Å². The minimum absolute atomic E-state index is 0.0199. The van der Waals surface area contributed by atoms with E-state index in [1.54, 1.807) is 55.6 Å². The molecule has 1 fully saturated rings. The summed E-state index contributed by atoms with van der Waals surface area (Å²) in [5.41, 5.74) is 1.19. The van der Waals surface area contributed by atoms with E-state index in [2.05, 4.69) is 10.6 Å². The number of anilines is 1. The number of rotatable bonds is 7. The van der Waals surface area contributed by atoms with Crippen LogP contribution in [0.25, 0.3) is 0 Å². The van der Waals surface area contributed by atoms with E-state index in [9.17, 15) is 9.59 Å². The van der Waals surface area contributed by atoms with Crippen molar-refractivity contribution in [1.29, 1.82) is 0 Å². The second-order valence-electron chi connectivity index (χ2n) is 6.90. The highest BCUT2D eigenvalue weighted by Gasteiger charge is 2.16. The summed E-state index contributed by atoms with van der Waals surface area (Å²) in [5.74, 6) is 0.965. The van der Waals surface area contributed by atoms with Crippen molar-refractivity contribution < 1.29 is 19.1 Å². The van der Waals surface area contributed by atoms with Crippen LogP contribution < -0.4 is 20.1 Å². The predicted molar refractivity (Wildman–Crippen MR) is 108 cm³/mol. The lowest BCUT2D eigenvalue weighted by molar-refractivity contribution is -0.124. The van der Waals surface area contributed by atoms with Crippen LogP contribution in [-0.4, -0.2) is 31.6 Å². The highest BCUT2D eigenvalue weighted by atomic mass is 16.5. The molecular formula is C22H26N2O4. The highest BCUT2D eigenvalue weighted by Crippen LogP contribution is 2.18. The van der Waals surface area contributed by atoms with Crippen LogP contribution in [0.1, 0.15) is 42.5 Å². The first-order valence-corrected chi connectivity index (χ1v) is 9.61. The number of hydrogen-bond acceptors (Lipinski definition) is 4. The lowest BCUT2D eigenvalue weighted by Gasteiger charge is -2.22. The van der Waals surface area contributed by atoms with Gasteiger partial charge in [0.15, 0.2) is 6.61 Å². The van der Waals surface area contributed by atoms with Crippen molar-refractivity contribution in [3.05, 3.63) is 54.1 Å². The van der Waals surface area contributed by atoms with Gasteiger partial charge in [-0.25, -0.2) is 0 Å². The summed E-state index contributed by atoms with van der Waals surface area (Å²) in [5, 5.41) is 5.84. The van der Waals surface area contributed by atoms with E-state index in [0.29, 0.717) is 17.0 Å². The van der Waals surface area contributed by atoms with Gasteiger partial charge in [-0.3, -0.25) is 9.59 Å². The van der Waals surface area contributed by atoms with Gasteiger partial charge < -0.3 is 20.1 Å². The molecule has 0 saturated heterocycles. The molecule has 6 heteroatoms. The monoisotopic (exact) mass is 382 g/mol. The number of benzene rings is 2. The van der Waals surface area contributed by atoms with Gasteiger partial charge in [0.25, 0.3) is 11.8 Å². The van der Waals surface area contributed by atoms with E-state index >= 15 is 0 Å². The maximum atomic E-state index is 12.3. The summed E-state index contributed by atoms with van der Waals surface area (Å²) >= 11 is 0. The van der Waals surface area contributed by atoms with Crippen LogP contribution in [0.2, 0.25) is 0 Å². The SMILES string of the molecule is COc1ccc(NC(=O)c2ccc(OCC(=O)NC3CCCCC3)cc2)cc1. The fourth-order valence-electron chi connectivity index (χ4n) is 3.25. The van der Waals surface area contributed by atoms with Crippen LogP contribution >= 0.6 is 0 Å². The molecule has 0 aliphatic heterocycles. The third-order valence-corrected chi connectivity index (χ3v) is 4.80. The Morgan fingerprint density at radius 3 is 2.21 bits per heavy atom. The first-order valence-electron chi connectivity index (χ1n) is 9.61. The molecule has 6 nitrogen and oxygen atoms in total. The van der Waals surface area contributed by atoms with Gasteiger partial charge in [0, 0.05) is 17.3 Å². The van der Waals surface area contributed by atoms with Gasteiger partial charge in [-0.15, -0.1) is 0 Å². The Bertz CT molecular complexity index is 781. The van der Waals surface area contributed by atoms with Crippen LogP contribution in [0.4, 0.5) is 5.69 Å². The highest BCUT2D eigenvalue weighted by molar-refractivity contribution is 6.04. The Morgan fingerprint density at radius 1 is 0.929 bits per heavy atom. The normalized spacial score (nSPS) is 14.2. The summed E-state index contributed by atoms with van der Waals surface area (Å²) < 4.78 is 10.6. The Kier molecular flexibility index (Phi) is 6.89. The fraction of sp³-hybridized carbons (Fsp3) is 0.364. The lowest BCUT2D eigenvalue weighted by Crippen LogP contribution is -2.38. The molecule has 0 heterocycles. The molecule has 2 aromatic carbocycles. The van der Waals surface area contributed by atoms with E-state index in [0.717, 1.165) is 18.6 Å². The third kappa shape index (κ3) is 5.74. The molecule has 0 radical (unpaired) electrons. The smallest absolute Gasteiger partial charge is 0.258 e. The number of ether oxygens (including phenoxy) is 2. The second-order valence-corrected chi connectivity index (χ2v) is 6.90. The molecule has 2 aromatic rings. The first kappa shape index (κ1) is 19.7. The molecule has 1 aliphatic carbocycles.